The zero-order valence-corrected chi connectivity index (χ0v) is 16.1. The molecule has 1 amide bonds. The van der Waals surface area contributed by atoms with Gasteiger partial charge in [0.2, 0.25) is 11.7 Å². The molecule has 1 fully saturated rings. The molecule has 1 N–H and O–H groups in total. The summed E-state index contributed by atoms with van der Waals surface area (Å²) in [7, 11) is 0. The van der Waals surface area contributed by atoms with E-state index in [1.54, 1.807) is 6.08 Å². The second kappa shape index (κ2) is 8.69. The van der Waals surface area contributed by atoms with Gasteiger partial charge in [-0.3, -0.25) is 14.4 Å². The second-order valence-electron chi connectivity index (χ2n) is 6.93. The number of nitrogens with one attached hydrogen (secondary N) is 1. The normalized spacial score (nSPS) is 13.5. The summed E-state index contributed by atoms with van der Waals surface area (Å²) < 4.78 is 7.19. The van der Waals surface area contributed by atoms with Crippen LogP contribution in [-0.2, 0) is 14.3 Å². The van der Waals surface area contributed by atoms with E-state index in [0.717, 1.165) is 29.8 Å². The summed E-state index contributed by atoms with van der Waals surface area (Å²) in [6, 6.07) is 11.7. The number of hydrogen-bond acceptors (Lipinski definition) is 4. The number of amides is 1. The van der Waals surface area contributed by atoms with Crippen molar-refractivity contribution in [2.75, 3.05) is 13.2 Å². The van der Waals surface area contributed by atoms with Gasteiger partial charge in [-0.2, -0.15) is 0 Å². The van der Waals surface area contributed by atoms with Gasteiger partial charge in [0.1, 0.15) is 6.54 Å². The van der Waals surface area contributed by atoms with E-state index in [9.17, 15) is 14.4 Å². The highest BCUT2D eigenvalue weighted by Crippen LogP contribution is 2.38. The average Bonchev–Trinajstić information content (AvgIpc) is 3.48. The monoisotopic (exact) mass is 380 g/mol. The molecule has 1 heterocycles. The molecule has 0 bridgehead atoms. The minimum Gasteiger partial charge on any atom is -0.456 e. The van der Waals surface area contributed by atoms with Crippen LogP contribution in [0.5, 0.6) is 0 Å². The smallest absolute Gasteiger partial charge is 0.325 e. The Morgan fingerprint density at radius 1 is 1.18 bits per heavy atom. The quantitative estimate of drug-likeness (QED) is 0.434. The van der Waals surface area contributed by atoms with Crippen molar-refractivity contribution in [1.29, 1.82) is 0 Å². The number of aromatic nitrogens is 1. The van der Waals surface area contributed by atoms with Crippen molar-refractivity contribution in [2.24, 2.45) is 0 Å². The summed E-state index contributed by atoms with van der Waals surface area (Å²) in [5, 5.41) is 2.45. The number of hydrogen-bond donors (Lipinski definition) is 1. The van der Waals surface area contributed by atoms with Crippen molar-refractivity contribution in [3.05, 3.63) is 65.0 Å². The summed E-state index contributed by atoms with van der Waals surface area (Å²) in [5.74, 6) is -1.28. The van der Waals surface area contributed by atoms with Crippen molar-refractivity contribution in [3.63, 3.8) is 0 Å². The fraction of sp³-hybridized carbons (Fsp3) is 0.318. The average molecular weight is 380 g/mol. The van der Waals surface area contributed by atoms with Gasteiger partial charge in [0.25, 0.3) is 0 Å². The van der Waals surface area contributed by atoms with Crippen LogP contribution < -0.4 is 5.32 Å². The van der Waals surface area contributed by atoms with Crippen LogP contribution in [0.15, 0.2) is 42.5 Å². The van der Waals surface area contributed by atoms with Crippen molar-refractivity contribution < 1.29 is 19.1 Å². The van der Waals surface area contributed by atoms with E-state index < -0.39 is 11.9 Å². The van der Waals surface area contributed by atoms with Gasteiger partial charge >= 0.3 is 5.97 Å². The zero-order valence-electron chi connectivity index (χ0n) is 16.1. The van der Waals surface area contributed by atoms with Crippen LogP contribution in [0.1, 0.15) is 46.2 Å². The van der Waals surface area contributed by atoms with Crippen molar-refractivity contribution in [1.82, 2.24) is 9.88 Å². The lowest BCUT2D eigenvalue weighted by Gasteiger charge is -2.08. The van der Waals surface area contributed by atoms with Gasteiger partial charge < -0.3 is 14.6 Å². The first-order valence-corrected chi connectivity index (χ1v) is 9.34. The summed E-state index contributed by atoms with van der Waals surface area (Å²) in [6.45, 7) is 3.28. The van der Waals surface area contributed by atoms with Gasteiger partial charge in [-0.15, -0.1) is 0 Å². The lowest BCUT2D eigenvalue weighted by Crippen LogP contribution is -2.30. The van der Waals surface area contributed by atoms with E-state index in [1.165, 1.54) is 6.08 Å². The number of carbonyl (C=O) groups is 3. The van der Waals surface area contributed by atoms with E-state index in [4.69, 9.17) is 4.74 Å². The number of rotatable bonds is 8. The Kier molecular flexibility index (Phi) is 6.09. The third kappa shape index (κ3) is 4.97. The van der Waals surface area contributed by atoms with Gasteiger partial charge in [-0.1, -0.05) is 30.3 Å². The Labute approximate surface area is 164 Å². The maximum absolute atomic E-state index is 12.4. The highest BCUT2D eigenvalue weighted by molar-refractivity contribution is 5.99. The first kappa shape index (κ1) is 19.6. The highest BCUT2D eigenvalue weighted by Gasteiger charge is 2.28. The molecule has 28 heavy (non-hydrogen) atoms. The minimum atomic E-state index is -0.647. The molecule has 0 radical (unpaired) electrons. The number of benzene rings is 1. The molecule has 1 saturated carbocycles. The lowest BCUT2D eigenvalue weighted by molar-refractivity contribution is -0.142. The van der Waals surface area contributed by atoms with Crippen LogP contribution in [0.3, 0.4) is 0 Å². The molecule has 1 aliphatic rings. The molecule has 0 atom stereocenters. The van der Waals surface area contributed by atoms with Gasteiger partial charge in [0.15, 0.2) is 6.61 Å². The summed E-state index contributed by atoms with van der Waals surface area (Å²) in [4.78, 5) is 36.0. The van der Waals surface area contributed by atoms with E-state index in [-0.39, 0.29) is 18.9 Å². The van der Waals surface area contributed by atoms with E-state index in [2.05, 4.69) is 9.88 Å². The number of ketones is 1. The molecule has 1 aromatic heterocycles. The Bertz CT molecular complexity index is 908. The van der Waals surface area contributed by atoms with Gasteiger partial charge in [0.05, 0.1) is 0 Å². The lowest BCUT2D eigenvalue weighted by atomic mass is 10.1. The number of esters is 1. The number of ether oxygens (including phenoxy) is 1. The van der Waals surface area contributed by atoms with Crippen LogP contribution in [0.4, 0.5) is 0 Å². The van der Waals surface area contributed by atoms with Crippen LogP contribution in [0.25, 0.3) is 6.08 Å². The van der Waals surface area contributed by atoms with Gasteiger partial charge in [-0.25, -0.2) is 0 Å². The topological polar surface area (TPSA) is 77.4 Å². The predicted molar refractivity (Wildman–Crippen MR) is 106 cm³/mol. The van der Waals surface area contributed by atoms with Crippen LogP contribution in [0.2, 0.25) is 0 Å². The first-order valence-electron chi connectivity index (χ1n) is 9.34. The number of aryl methyl sites for hydroxylation is 1. The van der Waals surface area contributed by atoms with Crippen LogP contribution in [0, 0.1) is 13.8 Å². The number of Topliss-reactive ketones (excluding diaryl/α,β-unsaturated/α-hetero) is 1. The SMILES string of the molecule is Cc1cc(C(=O)COC(=O)CNC(=O)/C=C/c2ccccc2)c(C)n1C1CC1. The van der Waals surface area contributed by atoms with Gasteiger partial charge in [-0.05, 0) is 44.4 Å². The zero-order chi connectivity index (χ0) is 20.1. The largest absolute Gasteiger partial charge is 0.456 e. The van der Waals surface area contributed by atoms with Crippen molar-refractivity contribution in [2.45, 2.75) is 32.7 Å². The molecular formula is C22H24N2O4. The fourth-order valence-corrected chi connectivity index (χ4v) is 3.18. The summed E-state index contributed by atoms with van der Waals surface area (Å²) in [6.07, 6.45) is 5.27. The third-order valence-corrected chi connectivity index (χ3v) is 4.69. The Morgan fingerprint density at radius 2 is 1.89 bits per heavy atom. The van der Waals surface area contributed by atoms with E-state index in [0.29, 0.717) is 11.6 Å². The molecule has 1 aromatic carbocycles. The molecule has 146 valence electrons. The second-order valence-corrected chi connectivity index (χ2v) is 6.93. The molecule has 0 aliphatic heterocycles. The molecule has 2 aromatic rings. The fourth-order valence-electron chi connectivity index (χ4n) is 3.18. The summed E-state index contributed by atoms with van der Waals surface area (Å²) >= 11 is 0. The molecule has 0 spiro atoms. The molecule has 6 heteroatoms. The maximum Gasteiger partial charge on any atom is 0.325 e. The third-order valence-electron chi connectivity index (χ3n) is 4.69. The molecule has 0 saturated heterocycles. The minimum absolute atomic E-state index is 0.233. The Morgan fingerprint density at radius 3 is 2.57 bits per heavy atom. The molecule has 0 unspecified atom stereocenters. The molecule has 1 aliphatic carbocycles. The molecule has 3 rings (SSSR count). The standard InChI is InChI=1S/C22H24N2O4/c1-15-12-19(16(2)24(15)18-9-10-18)20(25)14-28-22(27)13-23-21(26)11-8-17-6-4-3-5-7-17/h3-8,11-12,18H,9-10,13-14H2,1-2H3,(H,23,26)/b11-8+. The van der Waals surface area contributed by atoms with Crippen LogP contribution in [-0.4, -0.2) is 35.4 Å². The Hall–Kier alpha value is -3.15. The van der Waals surface area contributed by atoms with E-state index >= 15 is 0 Å². The first-order chi connectivity index (χ1) is 13.5. The number of carbonyl (C=O) groups excluding carboxylic acids is 3. The highest BCUT2D eigenvalue weighted by atomic mass is 16.5. The predicted octanol–water partition coefficient (Wildman–Crippen LogP) is 3.00. The molecule has 6 nitrogen and oxygen atoms in total. The van der Waals surface area contributed by atoms with Gasteiger partial charge in [0, 0.05) is 29.1 Å². The van der Waals surface area contributed by atoms with E-state index in [1.807, 2.05) is 50.2 Å². The maximum atomic E-state index is 12.4. The summed E-state index contributed by atoms with van der Waals surface area (Å²) in [5.41, 5.74) is 3.44. The van der Waals surface area contributed by atoms with Crippen molar-refractivity contribution in [3.8, 4) is 0 Å². The molecular weight excluding hydrogens is 356 g/mol. The number of nitrogens with zero attached hydrogens (tertiary/aromatic N) is 1. The Balaban J connectivity index is 1.44. The van der Waals surface area contributed by atoms with Crippen LogP contribution >= 0.6 is 0 Å². The van der Waals surface area contributed by atoms with Crippen molar-refractivity contribution >= 4 is 23.7 Å².